The Balaban J connectivity index is 1.01. The summed E-state index contributed by atoms with van der Waals surface area (Å²) in [5.74, 6) is 0. The van der Waals surface area contributed by atoms with E-state index >= 15 is 0 Å². The predicted molar refractivity (Wildman–Crippen MR) is 388 cm³/mol. The summed E-state index contributed by atoms with van der Waals surface area (Å²) < 4.78 is 0. The molecule has 1 fully saturated rings. The molecule has 0 saturated heterocycles. The number of fused-ring (bicyclic) bond motifs is 13. The van der Waals surface area contributed by atoms with E-state index in [-0.39, 0.29) is 55.6 Å². The molecule has 4 heteroatoms. The molecule has 0 bridgehead atoms. The van der Waals surface area contributed by atoms with Crippen molar-refractivity contribution in [2.75, 3.05) is 14.7 Å². The molecule has 3 nitrogen and oxygen atoms in total. The molecule has 0 aromatic heterocycles. The van der Waals surface area contributed by atoms with Crippen LogP contribution in [0.4, 0.5) is 45.5 Å². The second-order valence-electron chi connectivity index (χ2n) is 33.9. The number of nitrogens with zero attached hydrogens (tertiary/aromatic N) is 3. The normalized spacial score (nSPS) is 22.2. The molecule has 460 valence electrons. The average Bonchev–Trinajstić information content (AvgIpc) is 1.48. The summed E-state index contributed by atoms with van der Waals surface area (Å²) in [6, 6.07) is 64.2. The Morgan fingerprint density at radius 2 is 0.736 bits per heavy atom. The second kappa shape index (κ2) is 18.4. The molecule has 7 aliphatic rings. The van der Waals surface area contributed by atoms with Crippen LogP contribution in [0, 0.1) is 20.8 Å². The molecule has 2 atom stereocenters. The van der Waals surface area contributed by atoms with E-state index in [4.69, 9.17) is 0 Å². The average molecular weight is 1190 g/mol. The van der Waals surface area contributed by atoms with Gasteiger partial charge in [-0.2, -0.15) is 0 Å². The molecular weight excluding hydrogens is 1100 g/mol. The van der Waals surface area contributed by atoms with Crippen molar-refractivity contribution in [3.63, 3.8) is 0 Å². The Bertz CT molecular complexity index is 4690. The lowest BCUT2D eigenvalue weighted by molar-refractivity contribution is 0.195. The molecule has 9 aromatic rings. The van der Waals surface area contributed by atoms with Crippen molar-refractivity contribution in [3.8, 4) is 0 Å². The Hall–Kier alpha value is -7.56. The maximum absolute atomic E-state index is 2.83. The van der Waals surface area contributed by atoms with Crippen molar-refractivity contribution in [2.45, 2.75) is 213 Å². The first kappa shape index (κ1) is 58.5. The maximum atomic E-state index is 2.83. The minimum Gasteiger partial charge on any atom is -0.334 e. The molecule has 0 radical (unpaired) electrons. The highest BCUT2D eigenvalue weighted by Gasteiger charge is 2.59. The van der Waals surface area contributed by atoms with E-state index < -0.39 is 0 Å². The molecule has 0 amide bonds. The van der Waals surface area contributed by atoms with Gasteiger partial charge < -0.3 is 14.7 Å². The lowest BCUT2D eigenvalue weighted by Gasteiger charge is -2.51. The molecule has 9 aromatic carbocycles. The number of benzene rings is 9. The van der Waals surface area contributed by atoms with Gasteiger partial charge in [-0.1, -0.05) is 233 Å². The number of hydrogen-bond donors (Lipinski definition) is 0. The van der Waals surface area contributed by atoms with Gasteiger partial charge in [-0.25, -0.2) is 0 Å². The van der Waals surface area contributed by atoms with Crippen LogP contribution < -0.4 is 31.1 Å². The van der Waals surface area contributed by atoms with E-state index in [9.17, 15) is 0 Å². The number of rotatable bonds is 3. The zero-order chi connectivity index (χ0) is 64.2. The Morgan fingerprint density at radius 1 is 0.341 bits per heavy atom. The molecule has 16 rings (SSSR count). The number of hydrogen-bond acceptors (Lipinski definition) is 3. The molecule has 4 aliphatic carbocycles. The van der Waals surface area contributed by atoms with Crippen molar-refractivity contribution < 1.29 is 0 Å². The Morgan fingerprint density at radius 3 is 1.18 bits per heavy atom. The zero-order valence-corrected chi connectivity index (χ0v) is 58.3. The summed E-state index contributed by atoms with van der Waals surface area (Å²) in [6.45, 7) is 49.1. The molecule has 3 heterocycles. The van der Waals surface area contributed by atoms with E-state index in [0.717, 1.165) is 6.42 Å². The van der Waals surface area contributed by atoms with Gasteiger partial charge in [0.1, 0.15) is 0 Å². The van der Waals surface area contributed by atoms with E-state index in [1.165, 1.54) is 176 Å². The minimum absolute atomic E-state index is 0.0208. The van der Waals surface area contributed by atoms with Gasteiger partial charge in [0.25, 0.3) is 6.71 Å². The van der Waals surface area contributed by atoms with Crippen LogP contribution in [0.3, 0.4) is 0 Å². The van der Waals surface area contributed by atoms with Crippen LogP contribution in [0.2, 0.25) is 0 Å². The topological polar surface area (TPSA) is 9.72 Å². The van der Waals surface area contributed by atoms with Crippen molar-refractivity contribution in [3.05, 3.63) is 252 Å². The molecule has 91 heavy (non-hydrogen) atoms. The summed E-state index contributed by atoms with van der Waals surface area (Å²) >= 11 is 0. The fourth-order valence-electron chi connectivity index (χ4n) is 20.0. The van der Waals surface area contributed by atoms with E-state index in [1.54, 1.807) is 0 Å². The molecule has 3 aliphatic heterocycles. The van der Waals surface area contributed by atoms with Gasteiger partial charge in [0, 0.05) is 83.4 Å². The van der Waals surface area contributed by atoms with Gasteiger partial charge in [-0.15, -0.1) is 0 Å². The maximum Gasteiger partial charge on any atom is 0.252 e. The second-order valence-corrected chi connectivity index (χ2v) is 33.9. The van der Waals surface area contributed by atoms with Crippen LogP contribution in [0.25, 0.3) is 0 Å². The van der Waals surface area contributed by atoms with Crippen LogP contribution in [0.15, 0.2) is 158 Å². The fourth-order valence-corrected chi connectivity index (χ4v) is 20.0. The molecular formula is C87H94BN3. The molecule has 1 saturated carbocycles. The van der Waals surface area contributed by atoms with Crippen molar-refractivity contribution >= 4 is 68.6 Å². The molecule has 0 N–H and O–H groups in total. The fraction of sp³-hybridized carbons (Fsp3) is 0.379. The van der Waals surface area contributed by atoms with Gasteiger partial charge in [0.05, 0.1) is 5.54 Å². The predicted octanol–water partition coefficient (Wildman–Crippen LogP) is 20.6. The third-order valence-electron chi connectivity index (χ3n) is 25.6. The number of aryl methyl sites for hydroxylation is 3. The van der Waals surface area contributed by atoms with Crippen LogP contribution in [0.1, 0.15) is 238 Å². The van der Waals surface area contributed by atoms with Gasteiger partial charge in [-0.05, 0) is 205 Å². The summed E-state index contributed by atoms with van der Waals surface area (Å²) in [5.41, 5.74) is 36.8. The summed E-state index contributed by atoms with van der Waals surface area (Å²) in [6.07, 6.45) is 4.80. The van der Waals surface area contributed by atoms with Crippen LogP contribution in [0.5, 0.6) is 0 Å². The SMILES string of the molecule is Cc1cc2c3c(c1)N(c1cc4c(cc1C)C(C)(C)c1ccccc1C4(C)C)c1cc4c(cc1B3c1ccc(N3c5ccc(C(C)(C)C)cc5C5(C)CCCCC35C)cc1N2c1cc2c(cc1C)C(C)(C)c1ccccc1C2(C)C)C(C)(C)c1ccccc1C4(C)C. The first-order chi connectivity index (χ1) is 42.8. The standard InChI is InChI=1S/C87H94BN3/c1-51-41-76-78-77(42-51)90(73-49-66-63(44-53(73)3)81(9,10)57-30-22-25-33-60(57)84(66,15)16)75-50-67-64(82(11,12)58-31-23-26-34-61(58)85(67,17)18)47-70(75)88(78)69-37-36-55(91-71-38-35-54(79(4,5)6)45-68(71)86(19)39-27-28-40-87(86,91)20)46-74(69)89(76)72-48-65-62(43-52(72)2)80(7,8)56-29-21-24-32-59(56)83(65,13)14/h21-26,29-38,41-50H,27-28,39-40H2,1-20H3. The highest BCUT2D eigenvalue weighted by Crippen LogP contribution is 2.63. The minimum atomic E-state index is -0.257. The largest absolute Gasteiger partial charge is 0.334 e. The molecule has 0 spiro atoms. The third kappa shape index (κ3) is 7.46. The van der Waals surface area contributed by atoms with Crippen LogP contribution in [-0.2, 0) is 43.3 Å². The summed E-state index contributed by atoms with van der Waals surface area (Å²) in [4.78, 5) is 8.37. The van der Waals surface area contributed by atoms with Crippen molar-refractivity contribution in [1.82, 2.24) is 0 Å². The van der Waals surface area contributed by atoms with E-state index in [2.05, 4.69) is 311 Å². The van der Waals surface area contributed by atoms with Gasteiger partial charge >= 0.3 is 0 Å². The van der Waals surface area contributed by atoms with Gasteiger partial charge in [0.2, 0.25) is 0 Å². The summed E-state index contributed by atoms with van der Waals surface area (Å²) in [7, 11) is 0. The van der Waals surface area contributed by atoms with Crippen LogP contribution in [-0.4, -0.2) is 12.3 Å². The van der Waals surface area contributed by atoms with Gasteiger partial charge in [-0.3, -0.25) is 0 Å². The highest BCUT2D eigenvalue weighted by atomic mass is 15.3. The third-order valence-corrected chi connectivity index (χ3v) is 25.6. The Kier molecular flexibility index (Phi) is 11.8. The quantitative estimate of drug-likeness (QED) is 0.163. The lowest BCUT2D eigenvalue weighted by atomic mass is 9.33. The summed E-state index contributed by atoms with van der Waals surface area (Å²) in [5, 5.41) is 0. The Labute approximate surface area is 545 Å². The number of anilines is 8. The first-order valence-corrected chi connectivity index (χ1v) is 34.4. The van der Waals surface area contributed by atoms with Crippen molar-refractivity contribution in [1.29, 1.82) is 0 Å². The van der Waals surface area contributed by atoms with Crippen LogP contribution >= 0.6 is 0 Å². The lowest BCUT2D eigenvalue weighted by Crippen LogP contribution is -2.62. The zero-order valence-electron chi connectivity index (χ0n) is 58.3. The monoisotopic (exact) mass is 1190 g/mol. The van der Waals surface area contributed by atoms with Gasteiger partial charge in [0.15, 0.2) is 0 Å². The highest BCUT2D eigenvalue weighted by molar-refractivity contribution is 7.00. The molecule has 2 unspecified atom stereocenters. The van der Waals surface area contributed by atoms with E-state index in [0.29, 0.717) is 0 Å². The smallest absolute Gasteiger partial charge is 0.252 e. The first-order valence-electron chi connectivity index (χ1n) is 34.4. The van der Waals surface area contributed by atoms with Crippen molar-refractivity contribution in [2.24, 2.45) is 0 Å². The van der Waals surface area contributed by atoms with E-state index in [1.807, 2.05) is 0 Å².